The normalized spacial score (nSPS) is 12.7. The van der Waals surface area contributed by atoms with E-state index in [9.17, 15) is 0 Å². The van der Waals surface area contributed by atoms with Crippen LogP contribution in [0.4, 0.5) is 5.69 Å². The zero-order valence-electron chi connectivity index (χ0n) is 9.49. The van der Waals surface area contributed by atoms with Gasteiger partial charge in [-0.15, -0.1) is 11.8 Å². The summed E-state index contributed by atoms with van der Waals surface area (Å²) in [4.78, 5) is 1.17. The molecule has 1 aromatic carbocycles. The van der Waals surface area contributed by atoms with Gasteiger partial charge in [0.1, 0.15) is 0 Å². The number of hydrogen-bond acceptors (Lipinski definition) is 3. The van der Waals surface area contributed by atoms with Gasteiger partial charge in [0.15, 0.2) is 0 Å². The van der Waals surface area contributed by atoms with Crippen molar-refractivity contribution in [2.24, 2.45) is 11.7 Å². The summed E-state index contributed by atoms with van der Waals surface area (Å²) in [5.41, 5.74) is 13.6. The fourth-order valence-corrected chi connectivity index (χ4v) is 2.24. The summed E-state index contributed by atoms with van der Waals surface area (Å²) in [7, 11) is 0. The number of hydrogen-bond donors (Lipinski definition) is 2. The molecule has 3 heteroatoms. The van der Waals surface area contributed by atoms with Crippen LogP contribution in [0.15, 0.2) is 23.1 Å². The van der Waals surface area contributed by atoms with Gasteiger partial charge < -0.3 is 11.5 Å². The molecule has 0 saturated carbocycles. The van der Waals surface area contributed by atoms with Crippen LogP contribution in [0.5, 0.6) is 0 Å². The topological polar surface area (TPSA) is 52.0 Å². The summed E-state index contributed by atoms with van der Waals surface area (Å²) in [6, 6.07) is 6.30. The fraction of sp³-hybridized carbons (Fsp3) is 0.500. The van der Waals surface area contributed by atoms with Gasteiger partial charge >= 0.3 is 0 Å². The molecule has 0 aliphatic carbocycles. The average Bonchev–Trinajstić information content (AvgIpc) is 2.21. The van der Waals surface area contributed by atoms with Gasteiger partial charge in [0, 0.05) is 10.6 Å². The molecule has 0 aliphatic heterocycles. The highest BCUT2D eigenvalue weighted by molar-refractivity contribution is 7.98. The van der Waals surface area contributed by atoms with Crippen LogP contribution in [0.1, 0.15) is 18.9 Å². The maximum atomic E-state index is 5.85. The summed E-state index contributed by atoms with van der Waals surface area (Å²) >= 11 is 1.70. The minimum atomic E-state index is 0.647. The average molecular weight is 224 g/mol. The molecule has 1 unspecified atom stereocenters. The SMILES string of the molecule is CSc1cc(CC(C)CCN)ccc1N. The molecule has 2 nitrogen and oxygen atoms in total. The van der Waals surface area contributed by atoms with E-state index in [-0.39, 0.29) is 0 Å². The Hall–Kier alpha value is -0.670. The van der Waals surface area contributed by atoms with Crippen LogP contribution in [0, 0.1) is 5.92 Å². The van der Waals surface area contributed by atoms with E-state index in [0.717, 1.165) is 25.1 Å². The molecule has 4 N–H and O–H groups in total. The van der Waals surface area contributed by atoms with Crippen molar-refractivity contribution in [3.63, 3.8) is 0 Å². The van der Waals surface area contributed by atoms with Crippen LogP contribution in [-0.2, 0) is 6.42 Å². The zero-order valence-corrected chi connectivity index (χ0v) is 10.3. The largest absolute Gasteiger partial charge is 0.398 e. The standard InChI is InChI=1S/C12H20N2S/c1-9(5-6-13)7-10-3-4-11(14)12(8-10)15-2/h3-4,8-9H,5-7,13-14H2,1-2H3. The summed E-state index contributed by atoms with van der Waals surface area (Å²) in [5.74, 6) is 0.647. The van der Waals surface area contributed by atoms with Crippen molar-refractivity contribution >= 4 is 17.4 Å². The fourth-order valence-electron chi connectivity index (χ4n) is 1.67. The second kappa shape index (κ2) is 6.03. The molecule has 1 aromatic rings. The quantitative estimate of drug-likeness (QED) is 0.597. The van der Waals surface area contributed by atoms with Crippen molar-refractivity contribution in [3.8, 4) is 0 Å². The Kier molecular flexibility index (Phi) is 4.99. The lowest BCUT2D eigenvalue weighted by atomic mass is 9.98. The number of thioether (sulfide) groups is 1. The van der Waals surface area contributed by atoms with Crippen molar-refractivity contribution in [1.82, 2.24) is 0 Å². The second-order valence-electron chi connectivity index (χ2n) is 3.96. The molecule has 0 bridgehead atoms. The maximum Gasteiger partial charge on any atom is 0.0452 e. The van der Waals surface area contributed by atoms with E-state index in [2.05, 4.69) is 25.3 Å². The van der Waals surface area contributed by atoms with E-state index < -0.39 is 0 Å². The van der Waals surface area contributed by atoms with Gasteiger partial charge in [-0.1, -0.05) is 13.0 Å². The van der Waals surface area contributed by atoms with Crippen molar-refractivity contribution in [2.75, 3.05) is 18.5 Å². The number of anilines is 1. The first-order valence-corrected chi connectivity index (χ1v) is 6.52. The highest BCUT2D eigenvalue weighted by Gasteiger charge is 2.05. The van der Waals surface area contributed by atoms with E-state index in [1.807, 2.05) is 6.07 Å². The smallest absolute Gasteiger partial charge is 0.0452 e. The Labute approximate surface area is 96.4 Å². The van der Waals surface area contributed by atoms with E-state index in [0.29, 0.717) is 5.92 Å². The molecule has 0 heterocycles. The van der Waals surface area contributed by atoms with Gasteiger partial charge in [0.05, 0.1) is 0 Å². The van der Waals surface area contributed by atoms with E-state index in [1.54, 1.807) is 11.8 Å². The molecule has 15 heavy (non-hydrogen) atoms. The second-order valence-corrected chi connectivity index (χ2v) is 4.81. The lowest BCUT2D eigenvalue weighted by Gasteiger charge is -2.11. The molecule has 84 valence electrons. The molecule has 0 fully saturated rings. The summed E-state index contributed by atoms with van der Waals surface area (Å²) < 4.78 is 0. The van der Waals surface area contributed by atoms with Crippen LogP contribution in [0.3, 0.4) is 0 Å². The first-order valence-electron chi connectivity index (χ1n) is 5.29. The molecular weight excluding hydrogens is 204 g/mol. The monoisotopic (exact) mass is 224 g/mol. The first kappa shape index (κ1) is 12.4. The van der Waals surface area contributed by atoms with E-state index in [4.69, 9.17) is 11.5 Å². The van der Waals surface area contributed by atoms with Crippen LogP contribution in [0.2, 0.25) is 0 Å². The maximum absolute atomic E-state index is 5.85. The Morgan fingerprint density at radius 3 is 2.73 bits per heavy atom. The Bertz CT molecular complexity index is 312. The van der Waals surface area contributed by atoms with Crippen molar-refractivity contribution < 1.29 is 0 Å². The van der Waals surface area contributed by atoms with E-state index >= 15 is 0 Å². The highest BCUT2D eigenvalue weighted by atomic mass is 32.2. The minimum absolute atomic E-state index is 0.647. The van der Waals surface area contributed by atoms with Crippen LogP contribution >= 0.6 is 11.8 Å². The minimum Gasteiger partial charge on any atom is -0.398 e. The number of rotatable bonds is 5. The lowest BCUT2D eigenvalue weighted by molar-refractivity contribution is 0.538. The van der Waals surface area contributed by atoms with Gasteiger partial charge in [0.2, 0.25) is 0 Å². The van der Waals surface area contributed by atoms with Gasteiger partial charge in [-0.3, -0.25) is 0 Å². The predicted molar refractivity (Wildman–Crippen MR) is 69.2 cm³/mol. The molecule has 0 spiro atoms. The molecule has 0 saturated heterocycles. The van der Waals surface area contributed by atoms with Gasteiger partial charge in [0.25, 0.3) is 0 Å². The molecule has 0 aromatic heterocycles. The Balaban J connectivity index is 2.69. The molecular formula is C12H20N2S. The van der Waals surface area contributed by atoms with Crippen LogP contribution < -0.4 is 11.5 Å². The summed E-state index contributed by atoms with van der Waals surface area (Å²) in [6.45, 7) is 3.01. The number of nitrogens with two attached hydrogens (primary N) is 2. The van der Waals surface area contributed by atoms with Crippen molar-refractivity contribution in [1.29, 1.82) is 0 Å². The van der Waals surface area contributed by atoms with Gasteiger partial charge in [-0.05, 0) is 49.3 Å². The Morgan fingerprint density at radius 1 is 1.40 bits per heavy atom. The van der Waals surface area contributed by atoms with Crippen molar-refractivity contribution in [2.45, 2.75) is 24.7 Å². The van der Waals surface area contributed by atoms with Crippen LogP contribution in [-0.4, -0.2) is 12.8 Å². The number of nitrogen functional groups attached to an aromatic ring is 1. The Morgan fingerprint density at radius 2 is 2.13 bits per heavy atom. The third-order valence-corrected chi connectivity index (χ3v) is 3.33. The summed E-state index contributed by atoms with van der Waals surface area (Å²) in [6.07, 6.45) is 4.23. The number of benzene rings is 1. The first-order chi connectivity index (χ1) is 7.17. The van der Waals surface area contributed by atoms with E-state index in [1.165, 1.54) is 10.5 Å². The van der Waals surface area contributed by atoms with Crippen molar-refractivity contribution in [3.05, 3.63) is 23.8 Å². The predicted octanol–water partition coefficient (Wildman–Crippen LogP) is 2.52. The molecule has 0 aliphatic rings. The van der Waals surface area contributed by atoms with Crippen LogP contribution in [0.25, 0.3) is 0 Å². The molecule has 1 rings (SSSR count). The highest BCUT2D eigenvalue weighted by Crippen LogP contribution is 2.25. The zero-order chi connectivity index (χ0) is 11.3. The third-order valence-electron chi connectivity index (χ3n) is 2.54. The molecule has 0 radical (unpaired) electrons. The van der Waals surface area contributed by atoms with Gasteiger partial charge in [-0.25, -0.2) is 0 Å². The summed E-state index contributed by atoms with van der Waals surface area (Å²) in [5, 5.41) is 0. The lowest BCUT2D eigenvalue weighted by Crippen LogP contribution is -2.08. The third kappa shape index (κ3) is 3.76. The molecule has 1 atom stereocenters. The van der Waals surface area contributed by atoms with Gasteiger partial charge in [-0.2, -0.15) is 0 Å². The molecule has 0 amide bonds.